The number of hydrogen-bond donors (Lipinski definition) is 0. The van der Waals surface area contributed by atoms with E-state index >= 15 is 0 Å². The monoisotopic (exact) mass is 231 g/mol. The summed E-state index contributed by atoms with van der Waals surface area (Å²) >= 11 is 0. The summed E-state index contributed by atoms with van der Waals surface area (Å²) < 4.78 is 7.56. The Morgan fingerprint density at radius 3 is 2.94 bits per heavy atom. The lowest BCUT2D eigenvalue weighted by atomic mass is 10.3. The average Bonchev–Trinajstić information content (AvgIpc) is 2.68. The molecule has 4 heteroatoms. The van der Waals surface area contributed by atoms with Gasteiger partial charge in [-0.15, -0.1) is 0 Å². The van der Waals surface area contributed by atoms with Crippen molar-refractivity contribution in [3.05, 3.63) is 35.8 Å². The second kappa shape index (κ2) is 4.47. The van der Waals surface area contributed by atoms with E-state index in [1.54, 1.807) is 0 Å². The molecule has 2 aromatic heterocycles. The third-order valence-corrected chi connectivity index (χ3v) is 3.31. The molecule has 3 rings (SSSR count). The molecule has 1 saturated heterocycles. The number of fused-ring (bicyclic) bond motifs is 1. The first-order valence-corrected chi connectivity index (χ1v) is 6.07. The summed E-state index contributed by atoms with van der Waals surface area (Å²) in [6.45, 7) is 6.76. The Kier molecular flexibility index (Phi) is 2.82. The molecule has 0 N–H and O–H groups in total. The van der Waals surface area contributed by atoms with Crippen molar-refractivity contribution in [2.45, 2.75) is 13.5 Å². The van der Waals surface area contributed by atoms with Gasteiger partial charge in [0.25, 0.3) is 0 Å². The largest absolute Gasteiger partial charge is 0.379 e. The number of hydrogen-bond acceptors (Lipinski definition) is 3. The van der Waals surface area contributed by atoms with Crippen molar-refractivity contribution >= 4 is 5.65 Å². The van der Waals surface area contributed by atoms with Crippen LogP contribution in [-0.4, -0.2) is 40.6 Å². The van der Waals surface area contributed by atoms with Gasteiger partial charge in [0.15, 0.2) is 0 Å². The molecule has 4 nitrogen and oxygen atoms in total. The molecule has 0 aromatic carbocycles. The van der Waals surface area contributed by atoms with E-state index in [0.717, 1.165) is 44.2 Å². The van der Waals surface area contributed by atoms with Crippen LogP contribution in [0, 0.1) is 6.92 Å². The predicted octanol–water partition coefficient (Wildman–Crippen LogP) is 1.47. The molecule has 0 unspecified atom stereocenters. The van der Waals surface area contributed by atoms with Crippen molar-refractivity contribution in [2.75, 3.05) is 26.3 Å². The maximum atomic E-state index is 5.37. The van der Waals surface area contributed by atoms with E-state index in [1.807, 2.05) is 6.07 Å². The minimum atomic E-state index is 0.843. The smallest absolute Gasteiger partial charge is 0.137 e. The first kappa shape index (κ1) is 10.7. The van der Waals surface area contributed by atoms with Gasteiger partial charge in [-0.1, -0.05) is 6.07 Å². The van der Waals surface area contributed by atoms with Crippen molar-refractivity contribution < 1.29 is 4.74 Å². The summed E-state index contributed by atoms with van der Waals surface area (Å²) in [5, 5.41) is 0. The Bertz CT molecular complexity index is 514. The molecule has 0 atom stereocenters. The Labute approximate surface area is 101 Å². The van der Waals surface area contributed by atoms with Crippen LogP contribution in [0.4, 0.5) is 0 Å². The maximum absolute atomic E-state index is 5.37. The summed E-state index contributed by atoms with van der Waals surface area (Å²) in [4.78, 5) is 7.01. The van der Waals surface area contributed by atoms with Crippen molar-refractivity contribution in [1.29, 1.82) is 0 Å². The molecule has 0 bridgehead atoms. The van der Waals surface area contributed by atoms with Crippen molar-refractivity contribution in [3.63, 3.8) is 0 Å². The minimum Gasteiger partial charge on any atom is -0.379 e. The lowest BCUT2D eigenvalue weighted by Gasteiger charge is -2.26. The molecule has 90 valence electrons. The van der Waals surface area contributed by atoms with Crippen LogP contribution in [-0.2, 0) is 11.3 Å². The number of ether oxygens (including phenoxy) is 1. The highest BCUT2D eigenvalue weighted by Gasteiger charge is 2.15. The molecule has 2 aromatic rings. The molecule has 17 heavy (non-hydrogen) atoms. The van der Waals surface area contributed by atoms with Crippen LogP contribution >= 0.6 is 0 Å². The van der Waals surface area contributed by atoms with E-state index < -0.39 is 0 Å². The van der Waals surface area contributed by atoms with E-state index in [-0.39, 0.29) is 0 Å². The normalized spacial score (nSPS) is 17.7. The van der Waals surface area contributed by atoms with E-state index in [1.165, 1.54) is 5.69 Å². The molecular weight excluding hydrogens is 214 g/mol. The summed E-state index contributed by atoms with van der Waals surface area (Å²) in [7, 11) is 0. The Morgan fingerprint density at radius 2 is 2.12 bits per heavy atom. The summed E-state index contributed by atoms with van der Waals surface area (Å²) in [5.41, 5.74) is 3.46. The molecule has 0 spiro atoms. The van der Waals surface area contributed by atoms with Gasteiger partial charge in [-0.2, -0.15) is 0 Å². The average molecular weight is 231 g/mol. The van der Waals surface area contributed by atoms with Gasteiger partial charge in [0.05, 0.1) is 24.6 Å². The van der Waals surface area contributed by atoms with E-state index in [2.05, 4.69) is 39.5 Å². The van der Waals surface area contributed by atoms with Crippen LogP contribution in [0.25, 0.3) is 5.65 Å². The fourth-order valence-electron chi connectivity index (χ4n) is 2.33. The van der Waals surface area contributed by atoms with Crippen LogP contribution in [0.15, 0.2) is 24.4 Å². The van der Waals surface area contributed by atoms with E-state index in [4.69, 9.17) is 4.74 Å². The van der Waals surface area contributed by atoms with Gasteiger partial charge < -0.3 is 9.14 Å². The second-order valence-electron chi connectivity index (χ2n) is 4.46. The number of morpholine rings is 1. The van der Waals surface area contributed by atoms with Gasteiger partial charge in [0, 0.05) is 25.8 Å². The molecule has 0 amide bonds. The summed E-state index contributed by atoms with van der Waals surface area (Å²) in [6, 6.07) is 6.13. The van der Waals surface area contributed by atoms with Crippen LogP contribution in [0.2, 0.25) is 0 Å². The fourth-order valence-corrected chi connectivity index (χ4v) is 2.33. The van der Waals surface area contributed by atoms with Gasteiger partial charge in [-0.25, -0.2) is 4.98 Å². The molecule has 0 radical (unpaired) electrons. The highest BCUT2D eigenvalue weighted by Crippen LogP contribution is 2.14. The molecule has 0 aliphatic carbocycles. The highest BCUT2D eigenvalue weighted by atomic mass is 16.5. The predicted molar refractivity (Wildman–Crippen MR) is 66.0 cm³/mol. The zero-order valence-corrected chi connectivity index (χ0v) is 10.1. The Balaban J connectivity index is 1.90. The van der Waals surface area contributed by atoms with Crippen molar-refractivity contribution in [3.8, 4) is 0 Å². The zero-order valence-electron chi connectivity index (χ0n) is 10.1. The molecular formula is C13H17N3O. The van der Waals surface area contributed by atoms with Crippen molar-refractivity contribution in [1.82, 2.24) is 14.3 Å². The van der Waals surface area contributed by atoms with Crippen LogP contribution < -0.4 is 0 Å². The topological polar surface area (TPSA) is 29.8 Å². The molecule has 0 saturated carbocycles. The number of nitrogens with zero attached hydrogens (tertiary/aromatic N) is 3. The second-order valence-corrected chi connectivity index (χ2v) is 4.46. The third kappa shape index (κ3) is 2.06. The first-order valence-electron chi connectivity index (χ1n) is 6.07. The quantitative estimate of drug-likeness (QED) is 0.784. The van der Waals surface area contributed by atoms with Gasteiger partial charge in [-0.3, -0.25) is 4.90 Å². The molecule has 3 heterocycles. The summed E-state index contributed by atoms with van der Waals surface area (Å²) in [6.07, 6.45) is 2.09. The van der Waals surface area contributed by atoms with Crippen LogP contribution in [0.3, 0.4) is 0 Å². The van der Waals surface area contributed by atoms with Crippen LogP contribution in [0.5, 0.6) is 0 Å². The maximum Gasteiger partial charge on any atom is 0.137 e. The lowest BCUT2D eigenvalue weighted by Crippen LogP contribution is -2.36. The zero-order chi connectivity index (χ0) is 11.7. The van der Waals surface area contributed by atoms with Gasteiger partial charge in [-0.05, 0) is 19.1 Å². The van der Waals surface area contributed by atoms with Gasteiger partial charge in [0.2, 0.25) is 0 Å². The van der Waals surface area contributed by atoms with Crippen LogP contribution in [0.1, 0.15) is 11.4 Å². The SMILES string of the molecule is Cc1nc2ccccn2c1CN1CCOCC1. The fraction of sp³-hybridized carbons (Fsp3) is 0.462. The molecule has 1 fully saturated rings. The lowest BCUT2D eigenvalue weighted by molar-refractivity contribution is 0.0334. The Hall–Kier alpha value is -1.39. The first-order chi connectivity index (χ1) is 8.34. The number of aromatic nitrogens is 2. The standard InChI is InChI=1S/C13H17N3O/c1-11-12(10-15-6-8-17-9-7-15)16-5-3-2-4-13(16)14-11/h2-5H,6-10H2,1H3. The molecule has 1 aliphatic rings. The van der Waals surface area contributed by atoms with Crippen molar-refractivity contribution in [2.24, 2.45) is 0 Å². The third-order valence-electron chi connectivity index (χ3n) is 3.31. The van der Waals surface area contributed by atoms with Gasteiger partial charge in [0.1, 0.15) is 5.65 Å². The highest BCUT2D eigenvalue weighted by molar-refractivity contribution is 5.42. The van der Waals surface area contributed by atoms with Gasteiger partial charge >= 0.3 is 0 Å². The number of aryl methyl sites for hydroxylation is 1. The minimum absolute atomic E-state index is 0.843. The number of pyridine rings is 1. The van der Waals surface area contributed by atoms with E-state index in [0.29, 0.717) is 0 Å². The number of rotatable bonds is 2. The summed E-state index contributed by atoms with van der Waals surface area (Å²) in [5.74, 6) is 0. The van der Waals surface area contributed by atoms with E-state index in [9.17, 15) is 0 Å². The Morgan fingerprint density at radius 1 is 1.29 bits per heavy atom. The molecule has 1 aliphatic heterocycles. The number of imidazole rings is 1.